The van der Waals surface area contributed by atoms with Crippen LogP contribution in [0, 0.1) is 0 Å². The van der Waals surface area contributed by atoms with Crippen molar-refractivity contribution < 1.29 is 18.3 Å². The smallest absolute Gasteiger partial charge is 0.387 e. The Morgan fingerprint density at radius 1 is 1.26 bits per heavy atom. The normalized spacial score (nSPS) is 12.2. The average Bonchev–Trinajstić information content (AvgIpc) is 3.18. The van der Waals surface area contributed by atoms with Gasteiger partial charge in [-0.2, -0.15) is 8.78 Å². The minimum absolute atomic E-state index is 0.0638. The highest BCUT2D eigenvalue weighted by Gasteiger charge is 2.22. The summed E-state index contributed by atoms with van der Waals surface area (Å²) in [7, 11) is 3.18. The number of hydrogen-bond acceptors (Lipinski definition) is 4. The van der Waals surface area contributed by atoms with Gasteiger partial charge >= 0.3 is 6.61 Å². The molecule has 0 fully saturated rings. The summed E-state index contributed by atoms with van der Waals surface area (Å²) in [6.07, 6.45) is 0. The van der Waals surface area contributed by atoms with Gasteiger partial charge in [-0.3, -0.25) is 4.99 Å². The molecule has 0 saturated heterocycles. The van der Waals surface area contributed by atoms with Gasteiger partial charge in [0.25, 0.3) is 0 Å². The quantitative estimate of drug-likeness (QED) is 0.522. The number of hydrogen-bond donors (Lipinski definition) is 2. The topological polar surface area (TPSA) is 54.9 Å². The fraction of sp³-hybridized carbons (Fsp3) is 0.421. The van der Waals surface area contributed by atoms with Crippen LogP contribution in [0.2, 0.25) is 0 Å². The maximum atomic E-state index is 12.6. The molecule has 2 N–H and O–H groups in total. The Balaban J connectivity index is 2.01. The van der Waals surface area contributed by atoms with E-state index in [1.54, 1.807) is 30.5 Å². The first kappa shape index (κ1) is 21.0. The Labute approximate surface area is 162 Å². The lowest BCUT2D eigenvalue weighted by Gasteiger charge is -2.25. The third-order valence-electron chi connectivity index (χ3n) is 4.04. The molecular formula is C19H25F2N3O2S. The Bertz CT molecular complexity index is 749. The summed E-state index contributed by atoms with van der Waals surface area (Å²) in [5.41, 5.74) is 0.487. The van der Waals surface area contributed by atoms with Gasteiger partial charge in [-0.15, -0.1) is 11.3 Å². The summed E-state index contributed by atoms with van der Waals surface area (Å²) in [5, 5.41) is 8.47. The molecule has 1 heterocycles. The number of nitrogens with zero attached hydrogens (tertiary/aromatic N) is 1. The van der Waals surface area contributed by atoms with Crippen LogP contribution in [0.3, 0.4) is 0 Å². The van der Waals surface area contributed by atoms with Crippen molar-refractivity contribution in [2.45, 2.75) is 32.4 Å². The second-order valence-electron chi connectivity index (χ2n) is 6.49. The number of nitrogens with one attached hydrogen (secondary N) is 2. The molecule has 0 amide bonds. The maximum absolute atomic E-state index is 12.6. The summed E-state index contributed by atoms with van der Waals surface area (Å²) in [6, 6.07) is 8.85. The van der Waals surface area contributed by atoms with Gasteiger partial charge in [0.05, 0.1) is 7.11 Å². The summed E-state index contributed by atoms with van der Waals surface area (Å²) >= 11 is 1.71. The molecule has 0 saturated carbocycles. The van der Waals surface area contributed by atoms with Crippen molar-refractivity contribution in [2.24, 2.45) is 4.99 Å². The molecule has 0 aliphatic rings. The number of halogens is 2. The van der Waals surface area contributed by atoms with E-state index in [9.17, 15) is 8.78 Å². The fourth-order valence-corrected chi connectivity index (χ4v) is 3.34. The van der Waals surface area contributed by atoms with Gasteiger partial charge in [-0.1, -0.05) is 19.9 Å². The average molecular weight is 397 g/mol. The zero-order valence-corrected chi connectivity index (χ0v) is 16.7. The summed E-state index contributed by atoms with van der Waals surface area (Å²) < 4.78 is 35.0. The lowest BCUT2D eigenvalue weighted by Crippen LogP contribution is -2.43. The second kappa shape index (κ2) is 9.55. The zero-order valence-electron chi connectivity index (χ0n) is 15.9. The third-order valence-corrected chi connectivity index (χ3v) is 5.28. The first-order chi connectivity index (χ1) is 12.9. The van der Waals surface area contributed by atoms with Gasteiger partial charge in [-0.25, -0.2) is 0 Å². The monoisotopic (exact) mass is 397 g/mol. The van der Waals surface area contributed by atoms with Crippen molar-refractivity contribution in [1.82, 2.24) is 10.6 Å². The minimum atomic E-state index is -2.89. The van der Waals surface area contributed by atoms with Crippen LogP contribution in [0.5, 0.6) is 11.5 Å². The third kappa shape index (κ3) is 6.09. The molecule has 1 aromatic heterocycles. The SMILES string of the molecule is CN=C(NCc1cc(OC)ccc1OC(F)F)NCC(C)(C)c1cccs1. The van der Waals surface area contributed by atoms with Crippen LogP contribution in [0.4, 0.5) is 8.78 Å². The molecule has 1 aromatic carbocycles. The number of thiophene rings is 1. The number of aliphatic imine (C=N–C) groups is 1. The molecule has 0 atom stereocenters. The number of guanidine groups is 1. The van der Waals surface area contributed by atoms with E-state index in [1.807, 2.05) is 6.07 Å². The highest BCUT2D eigenvalue weighted by atomic mass is 32.1. The van der Waals surface area contributed by atoms with Crippen molar-refractivity contribution in [2.75, 3.05) is 20.7 Å². The summed E-state index contributed by atoms with van der Waals surface area (Å²) in [4.78, 5) is 5.47. The molecule has 0 spiro atoms. The predicted molar refractivity (Wildman–Crippen MR) is 105 cm³/mol. The van der Waals surface area contributed by atoms with Crippen molar-refractivity contribution >= 4 is 17.3 Å². The molecule has 148 valence electrons. The second-order valence-corrected chi connectivity index (χ2v) is 7.44. The lowest BCUT2D eigenvalue weighted by atomic mass is 9.91. The lowest BCUT2D eigenvalue weighted by molar-refractivity contribution is -0.0504. The van der Waals surface area contributed by atoms with E-state index in [0.717, 1.165) is 0 Å². The number of rotatable bonds is 8. The Morgan fingerprint density at radius 2 is 2.04 bits per heavy atom. The van der Waals surface area contributed by atoms with Crippen LogP contribution in [-0.2, 0) is 12.0 Å². The summed E-state index contributed by atoms with van der Waals surface area (Å²) in [5.74, 6) is 1.24. The molecule has 8 heteroatoms. The Kier molecular flexibility index (Phi) is 7.41. The highest BCUT2D eigenvalue weighted by Crippen LogP contribution is 2.27. The molecule has 5 nitrogen and oxygen atoms in total. The van der Waals surface area contributed by atoms with Crippen LogP contribution in [0.1, 0.15) is 24.3 Å². The van der Waals surface area contributed by atoms with E-state index in [1.165, 1.54) is 18.1 Å². The van der Waals surface area contributed by atoms with E-state index in [-0.39, 0.29) is 17.7 Å². The van der Waals surface area contributed by atoms with Gasteiger partial charge in [0.1, 0.15) is 11.5 Å². The molecular weight excluding hydrogens is 372 g/mol. The Morgan fingerprint density at radius 3 is 2.63 bits per heavy atom. The molecule has 2 rings (SSSR count). The molecule has 0 bridgehead atoms. The molecule has 2 aromatic rings. The van der Waals surface area contributed by atoms with Gasteiger partial charge in [0.2, 0.25) is 0 Å². The predicted octanol–water partition coefficient (Wildman–Crippen LogP) is 4.00. The van der Waals surface area contributed by atoms with Gasteiger partial charge < -0.3 is 20.1 Å². The van der Waals surface area contributed by atoms with Gasteiger partial charge in [-0.05, 0) is 29.6 Å². The van der Waals surface area contributed by atoms with E-state index >= 15 is 0 Å². The van der Waals surface area contributed by atoms with Crippen LogP contribution >= 0.6 is 11.3 Å². The van der Waals surface area contributed by atoms with Crippen molar-refractivity contribution in [1.29, 1.82) is 0 Å². The van der Waals surface area contributed by atoms with Crippen molar-refractivity contribution in [3.05, 3.63) is 46.2 Å². The standard InChI is InChI=1S/C19H25F2N3O2S/c1-19(2,16-6-5-9-27-16)12-24-18(22-3)23-11-13-10-14(25-4)7-8-15(13)26-17(20)21/h5-10,17H,11-12H2,1-4H3,(H2,22,23,24). The number of alkyl halides is 2. The maximum Gasteiger partial charge on any atom is 0.387 e. The van der Waals surface area contributed by atoms with Crippen LogP contribution < -0.4 is 20.1 Å². The van der Waals surface area contributed by atoms with E-state index in [4.69, 9.17) is 4.74 Å². The summed E-state index contributed by atoms with van der Waals surface area (Å²) in [6.45, 7) is 2.34. The van der Waals surface area contributed by atoms with E-state index in [0.29, 0.717) is 23.8 Å². The van der Waals surface area contributed by atoms with Crippen LogP contribution in [-0.4, -0.2) is 33.3 Å². The molecule has 0 radical (unpaired) electrons. The van der Waals surface area contributed by atoms with Crippen LogP contribution in [0.15, 0.2) is 40.7 Å². The number of ether oxygens (including phenoxy) is 2. The minimum Gasteiger partial charge on any atom is -0.497 e. The zero-order chi connectivity index (χ0) is 19.9. The van der Waals surface area contributed by atoms with E-state index in [2.05, 4.69) is 45.7 Å². The largest absolute Gasteiger partial charge is 0.497 e. The molecule has 0 aliphatic carbocycles. The highest BCUT2D eigenvalue weighted by molar-refractivity contribution is 7.10. The van der Waals surface area contributed by atoms with Crippen LogP contribution in [0.25, 0.3) is 0 Å². The first-order valence-corrected chi connectivity index (χ1v) is 9.34. The van der Waals surface area contributed by atoms with Gasteiger partial charge in [0.15, 0.2) is 5.96 Å². The van der Waals surface area contributed by atoms with Crippen molar-refractivity contribution in [3.63, 3.8) is 0 Å². The fourth-order valence-electron chi connectivity index (χ4n) is 2.49. The number of methoxy groups -OCH3 is 1. The molecule has 0 unspecified atom stereocenters. The molecule has 27 heavy (non-hydrogen) atoms. The first-order valence-electron chi connectivity index (χ1n) is 8.46. The molecule has 0 aliphatic heterocycles. The van der Waals surface area contributed by atoms with Crippen molar-refractivity contribution in [3.8, 4) is 11.5 Å². The van der Waals surface area contributed by atoms with E-state index < -0.39 is 6.61 Å². The Hall–Kier alpha value is -2.35. The van der Waals surface area contributed by atoms with Gasteiger partial charge in [0, 0.05) is 36.0 Å². The number of benzene rings is 1.